The van der Waals surface area contributed by atoms with Gasteiger partial charge in [0.1, 0.15) is 0 Å². The smallest absolute Gasteiger partial charge is 0.0855 e. The summed E-state index contributed by atoms with van der Waals surface area (Å²) >= 11 is 0. The van der Waals surface area contributed by atoms with E-state index in [-0.39, 0.29) is 5.60 Å². The average Bonchev–Trinajstić information content (AvgIpc) is 2.89. The molecule has 1 heteroatoms. The molecule has 106 valence electrons. The average molecular weight is 276 g/mol. The Morgan fingerprint density at radius 3 is 2.14 bits per heavy atom. The standard InChI is InChI=1S/C20H20O/c1-21-20-14-8-13-17(20)18(15-9-4-2-5-10-15)19(20)16-11-6-3-7-12-16/h2-13,17-19H,14H2,1H3/t17-,18-,19-,20+/m0/s1. The Morgan fingerprint density at radius 1 is 0.905 bits per heavy atom. The zero-order valence-electron chi connectivity index (χ0n) is 12.3. The second-order valence-corrected chi connectivity index (χ2v) is 6.14. The lowest BCUT2D eigenvalue weighted by Gasteiger charge is -2.58. The maximum atomic E-state index is 6.05. The molecular formula is C20H20O. The quantitative estimate of drug-likeness (QED) is 0.748. The highest BCUT2D eigenvalue weighted by molar-refractivity contribution is 5.44. The minimum Gasteiger partial charge on any atom is -0.377 e. The van der Waals surface area contributed by atoms with Crippen molar-refractivity contribution in [2.24, 2.45) is 5.92 Å². The fourth-order valence-corrected chi connectivity index (χ4v) is 4.42. The van der Waals surface area contributed by atoms with Crippen molar-refractivity contribution in [1.29, 1.82) is 0 Å². The Balaban J connectivity index is 1.80. The predicted molar refractivity (Wildman–Crippen MR) is 85.4 cm³/mol. The molecule has 2 aromatic rings. The Hall–Kier alpha value is -1.86. The van der Waals surface area contributed by atoms with E-state index in [1.165, 1.54) is 11.1 Å². The first-order chi connectivity index (χ1) is 10.4. The molecule has 0 heterocycles. The zero-order valence-corrected chi connectivity index (χ0v) is 12.3. The summed E-state index contributed by atoms with van der Waals surface area (Å²) < 4.78 is 6.05. The van der Waals surface area contributed by atoms with E-state index in [1.807, 2.05) is 7.11 Å². The van der Waals surface area contributed by atoms with Crippen LogP contribution in [0.4, 0.5) is 0 Å². The molecule has 1 fully saturated rings. The van der Waals surface area contributed by atoms with Crippen LogP contribution >= 0.6 is 0 Å². The third-order valence-electron chi connectivity index (χ3n) is 5.34. The molecule has 0 aromatic heterocycles. The molecule has 0 radical (unpaired) electrons. The summed E-state index contributed by atoms with van der Waals surface area (Å²) in [5.74, 6) is 1.45. The van der Waals surface area contributed by atoms with E-state index in [4.69, 9.17) is 4.74 Å². The van der Waals surface area contributed by atoms with Crippen molar-refractivity contribution in [2.75, 3.05) is 7.11 Å². The molecule has 0 amide bonds. The monoisotopic (exact) mass is 276 g/mol. The molecule has 4 atom stereocenters. The molecule has 2 aliphatic rings. The van der Waals surface area contributed by atoms with Crippen molar-refractivity contribution < 1.29 is 4.74 Å². The normalized spacial score (nSPS) is 33.5. The number of rotatable bonds is 3. The minimum absolute atomic E-state index is 0.0398. The molecular weight excluding hydrogens is 256 g/mol. The summed E-state index contributed by atoms with van der Waals surface area (Å²) in [4.78, 5) is 0. The molecule has 0 bridgehead atoms. The minimum atomic E-state index is -0.0398. The van der Waals surface area contributed by atoms with Gasteiger partial charge in [0, 0.05) is 24.9 Å². The fourth-order valence-electron chi connectivity index (χ4n) is 4.42. The van der Waals surface area contributed by atoms with Gasteiger partial charge in [0.25, 0.3) is 0 Å². The molecule has 21 heavy (non-hydrogen) atoms. The van der Waals surface area contributed by atoms with Gasteiger partial charge in [0.15, 0.2) is 0 Å². The molecule has 0 saturated heterocycles. The van der Waals surface area contributed by atoms with Crippen molar-refractivity contribution in [3.63, 3.8) is 0 Å². The second-order valence-electron chi connectivity index (χ2n) is 6.14. The van der Waals surface area contributed by atoms with E-state index in [1.54, 1.807) is 0 Å². The molecule has 0 spiro atoms. The first-order valence-electron chi connectivity index (χ1n) is 7.68. The number of fused-ring (bicyclic) bond motifs is 1. The lowest BCUT2D eigenvalue weighted by Crippen LogP contribution is -2.57. The zero-order chi connectivity index (χ0) is 14.3. The van der Waals surface area contributed by atoms with E-state index >= 15 is 0 Å². The van der Waals surface area contributed by atoms with E-state index < -0.39 is 0 Å². The Labute approximate surface area is 126 Å². The second kappa shape index (κ2) is 4.85. The summed E-state index contributed by atoms with van der Waals surface area (Å²) in [6, 6.07) is 21.7. The van der Waals surface area contributed by atoms with Gasteiger partial charge in [-0.15, -0.1) is 0 Å². The number of benzene rings is 2. The molecule has 4 rings (SSSR count). The molecule has 0 N–H and O–H groups in total. The lowest BCUT2D eigenvalue weighted by atomic mass is 9.50. The van der Waals surface area contributed by atoms with Gasteiger partial charge >= 0.3 is 0 Å². The van der Waals surface area contributed by atoms with Crippen molar-refractivity contribution in [2.45, 2.75) is 23.9 Å². The largest absolute Gasteiger partial charge is 0.377 e. The van der Waals surface area contributed by atoms with E-state index in [0.29, 0.717) is 17.8 Å². The molecule has 1 saturated carbocycles. The molecule has 0 unspecified atom stereocenters. The molecule has 2 aromatic carbocycles. The summed E-state index contributed by atoms with van der Waals surface area (Å²) in [5, 5.41) is 0. The number of hydrogen-bond acceptors (Lipinski definition) is 1. The summed E-state index contributed by atoms with van der Waals surface area (Å²) in [6.45, 7) is 0. The Bertz CT molecular complexity index is 646. The Morgan fingerprint density at radius 2 is 1.52 bits per heavy atom. The van der Waals surface area contributed by atoms with Crippen LogP contribution in [-0.2, 0) is 4.74 Å². The number of hydrogen-bond donors (Lipinski definition) is 0. The van der Waals surface area contributed by atoms with Gasteiger partial charge < -0.3 is 4.74 Å². The van der Waals surface area contributed by atoms with Crippen LogP contribution in [0, 0.1) is 5.92 Å². The maximum absolute atomic E-state index is 6.05. The van der Waals surface area contributed by atoms with Gasteiger partial charge in [-0.3, -0.25) is 0 Å². The third kappa shape index (κ3) is 1.74. The summed E-state index contributed by atoms with van der Waals surface area (Å²) in [5.41, 5.74) is 2.78. The molecule has 2 aliphatic carbocycles. The highest BCUT2D eigenvalue weighted by Gasteiger charge is 2.63. The van der Waals surface area contributed by atoms with Gasteiger partial charge in [-0.2, -0.15) is 0 Å². The van der Waals surface area contributed by atoms with Crippen LogP contribution in [0.2, 0.25) is 0 Å². The first kappa shape index (κ1) is 12.8. The molecule has 0 aliphatic heterocycles. The van der Waals surface area contributed by atoms with E-state index in [9.17, 15) is 0 Å². The van der Waals surface area contributed by atoms with Crippen LogP contribution in [0.1, 0.15) is 29.4 Å². The first-order valence-corrected chi connectivity index (χ1v) is 7.68. The van der Waals surface area contributed by atoms with Crippen LogP contribution < -0.4 is 0 Å². The van der Waals surface area contributed by atoms with Crippen LogP contribution in [0.3, 0.4) is 0 Å². The predicted octanol–water partition coefficient (Wildman–Crippen LogP) is 4.53. The van der Waals surface area contributed by atoms with Gasteiger partial charge in [-0.25, -0.2) is 0 Å². The van der Waals surface area contributed by atoms with Crippen molar-refractivity contribution in [3.8, 4) is 0 Å². The SMILES string of the molecule is CO[C@]12CC=C[C@H]1[C@H](c1ccccc1)[C@@H]2c1ccccc1. The van der Waals surface area contributed by atoms with E-state index in [2.05, 4.69) is 72.8 Å². The van der Waals surface area contributed by atoms with Crippen LogP contribution in [-0.4, -0.2) is 12.7 Å². The highest BCUT2D eigenvalue weighted by atomic mass is 16.5. The lowest BCUT2D eigenvalue weighted by molar-refractivity contribution is -0.132. The van der Waals surface area contributed by atoms with Crippen LogP contribution in [0.25, 0.3) is 0 Å². The van der Waals surface area contributed by atoms with Gasteiger partial charge in [-0.1, -0.05) is 72.8 Å². The topological polar surface area (TPSA) is 9.23 Å². The fraction of sp³-hybridized carbons (Fsp3) is 0.300. The number of ether oxygens (including phenoxy) is 1. The summed E-state index contributed by atoms with van der Waals surface area (Å²) in [6.07, 6.45) is 5.69. The number of methoxy groups -OCH3 is 1. The van der Waals surface area contributed by atoms with Gasteiger partial charge in [-0.05, 0) is 17.5 Å². The highest BCUT2D eigenvalue weighted by Crippen LogP contribution is 2.65. The summed E-state index contributed by atoms with van der Waals surface area (Å²) in [7, 11) is 1.87. The van der Waals surface area contributed by atoms with Gasteiger partial charge in [0.05, 0.1) is 5.60 Å². The van der Waals surface area contributed by atoms with E-state index in [0.717, 1.165) is 6.42 Å². The molecule has 1 nitrogen and oxygen atoms in total. The van der Waals surface area contributed by atoms with Gasteiger partial charge in [0.2, 0.25) is 0 Å². The van der Waals surface area contributed by atoms with Crippen molar-refractivity contribution in [3.05, 3.63) is 83.9 Å². The third-order valence-corrected chi connectivity index (χ3v) is 5.34. The van der Waals surface area contributed by atoms with Crippen LogP contribution in [0.5, 0.6) is 0 Å². The maximum Gasteiger partial charge on any atom is 0.0855 e. The van der Waals surface area contributed by atoms with Crippen LogP contribution in [0.15, 0.2) is 72.8 Å². The Kier molecular flexibility index (Phi) is 2.97. The van der Waals surface area contributed by atoms with Crippen molar-refractivity contribution in [1.82, 2.24) is 0 Å². The van der Waals surface area contributed by atoms with Crippen molar-refractivity contribution >= 4 is 0 Å².